The van der Waals surface area contributed by atoms with Crippen LogP contribution in [0, 0.1) is 20.8 Å². The number of aromatic nitrogens is 3. The predicted octanol–water partition coefficient (Wildman–Crippen LogP) is 15.5. The molecule has 0 amide bonds. The average Bonchev–Trinajstić information content (AvgIpc) is 3.44. The minimum absolute atomic E-state index is 0.188. The molecule has 0 aliphatic rings. The second-order valence-corrected chi connectivity index (χ2v) is 18.6. The first kappa shape index (κ1) is 57.2. The van der Waals surface area contributed by atoms with Crippen LogP contribution in [0.2, 0.25) is 0 Å². The number of nitrogens with zero attached hydrogens (tertiary/aromatic N) is 3. The Hall–Kier alpha value is -9.54. The molecule has 3 aromatic heterocycles. The van der Waals surface area contributed by atoms with E-state index in [1.165, 1.54) is 0 Å². The van der Waals surface area contributed by atoms with Gasteiger partial charge in [-0.05, 0) is 156 Å². The topological polar surface area (TPSA) is 214 Å². The lowest BCUT2D eigenvalue weighted by atomic mass is 10.1. The van der Waals surface area contributed by atoms with Gasteiger partial charge in [0.25, 0.3) is 0 Å². The molecule has 0 unspecified atom stereocenters. The van der Waals surface area contributed by atoms with E-state index < -0.39 is 17.9 Å². The molecule has 0 radical (unpaired) electrons. The molecule has 402 valence electrons. The number of hydrogen-bond acceptors (Lipinski definition) is 12. The van der Waals surface area contributed by atoms with Gasteiger partial charge in [-0.25, -0.2) is 14.4 Å². The monoisotopic (exact) mass is 1120 g/mol. The van der Waals surface area contributed by atoms with Gasteiger partial charge >= 0.3 is 17.9 Å². The molecule has 15 nitrogen and oxygen atoms in total. The highest BCUT2D eigenvalue weighted by atomic mass is 79.9. The maximum atomic E-state index is 11.5. The first-order valence-electron chi connectivity index (χ1n) is 25.2. The van der Waals surface area contributed by atoms with Crippen LogP contribution < -0.4 is 30.2 Å². The minimum Gasteiger partial charge on any atom is -0.494 e. The van der Waals surface area contributed by atoms with E-state index in [-0.39, 0.29) is 16.7 Å². The van der Waals surface area contributed by atoms with Gasteiger partial charge < -0.3 is 45.5 Å². The van der Waals surface area contributed by atoms with Crippen molar-refractivity contribution in [3.8, 4) is 51.0 Å². The van der Waals surface area contributed by atoms with Crippen LogP contribution in [0.15, 0.2) is 181 Å². The Labute approximate surface area is 467 Å². The zero-order valence-electron chi connectivity index (χ0n) is 44.4. The van der Waals surface area contributed by atoms with Crippen molar-refractivity contribution in [1.29, 1.82) is 0 Å². The lowest BCUT2D eigenvalue weighted by Crippen LogP contribution is -2.04. The summed E-state index contributed by atoms with van der Waals surface area (Å²) in [7, 11) is 0. The summed E-state index contributed by atoms with van der Waals surface area (Å²) in [5, 5.41) is 37.5. The Morgan fingerprint density at radius 3 is 1.34 bits per heavy atom. The van der Waals surface area contributed by atoms with Gasteiger partial charge in [0, 0.05) is 21.2 Å². The normalized spacial score (nSPS) is 10.4. The highest BCUT2D eigenvalue weighted by molar-refractivity contribution is 9.10. The molecule has 0 aliphatic heterocycles. The number of carboxylic acids is 3. The third-order valence-electron chi connectivity index (χ3n) is 11.9. The highest BCUT2D eigenvalue weighted by Gasteiger charge is 2.15. The third kappa shape index (κ3) is 15.8. The summed E-state index contributed by atoms with van der Waals surface area (Å²) in [5.41, 5.74) is 12.7. The summed E-state index contributed by atoms with van der Waals surface area (Å²) in [5.74, 6) is -0.509. The van der Waals surface area contributed by atoms with Crippen molar-refractivity contribution in [2.45, 2.75) is 41.5 Å². The van der Waals surface area contributed by atoms with Crippen molar-refractivity contribution in [3.63, 3.8) is 0 Å². The first-order chi connectivity index (χ1) is 38.1. The van der Waals surface area contributed by atoms with Crippen LogP contribution in [0.3, 0.4) is 0 Å². The molecule has 0 atom stereocenters. The number of pyridine rings is 3. The van der Waals surface area contributed by atoms with Crippen LogP contribution in [0.1, 0.15) is 68.5 Å². The van der Waals surface area contributed by atoms with Gasteiger partial charge in [0.05, 0.1) is 106 Å². The van der Waals surface area contributed by atoms with Crippen molar-refractivity contribution >= 4 is 68.0 Å². The van der Waals surface area contributed by atoms with E-state index in [9.17, 15) is 29.7 Å². The van der Waals surface area contributed by atoms with E-state index in [4.69, 9.17) is 14.2 Å². The number of benzene rings is 6. The molecule has 16 heteroatoms. The molecule has 0 fully saturated rings. The molecule has 0 bridgehead atoms. The molecule has 6 N–H and O–H groups in total. The fraction of sp³-hybridized carbons (Fsp3) is 0.143. The van der Waals surface area contributed by atoms with Gasteiger partial charge in [-0.15, -0.1) is 0 Å². The number of ether oxygens (including phenoxy) is 3. The number of aromatic carboxylic acids is 3. The van der Waals surface area contributed by atoms with Crippen molar-refractivity contribution in [2.24, 2.45) is 0 Å². The Balaban J connectivity index is 0.000000172. The van der Waals surface area contributed by atoms with Crippen LogP contribution in [0.5, 0.6) is 17.2 Å². The van der Waals surface area contributed by atoms with Crippen LogP contribution in [-0.2, 0) is 0 Å². The number of hydrogen-bond donors (Lipinski definition) is 6. The lowest BCUT2D eigenvalue weighted by molar-refractivity contribution is 0.0687. The second-order valence-electron chi connectivity index (χ2n) is 17.7. The zero-order valence-corrected chi connectivity index (χ0v) is 46.0. The molecule has 0 aliphatic carbocycles. The van der Waals surface area contributed by atoms with Gasteiger partial charge in [-0.3, -0.25) is 15.0 Å². The van der Waals surface area contributed by atoms with Crippen molar-refractivity contribution < 1.29 is 43.9 Å². The van der Waals surface area contributed by atoms with Crippen molar-refractivity contribution in [3.05, 3.63) is 214 Å². The highest BCUT2D eigenvalue weighted by Crippen LogP contribution is 2.32. The smallest absolute Gasteiger partial charge is 0.337 e. The number of halogens is 1. The van der Waals surface area contributed by atoms with E-state index in [0.717, 1.165) is 79.1 Å². The number of anilines is 6. The average molecular weight is 1120 g/mol. The van der Waals surface area contributed by atoms with Gasteiger partial charge in [0.1, 0.15) is 17.2 Å². The summed E-state index contributed by atoms with van der Waals surface area (Å²) < 4.78 is 17.3. The fourth-order valence-electron chi connectivity index (χ4n) is 8.03. The van der Waals surface area contributed by atoms with E-state index in [2.05, 4.69) is 46.8 Å². The largest absolute Gasteiger partial charge is 0.494 e. The Morgan fingerprint density at radius 1 is 0.430 bits per heavy atom. The minimum atomic E-state index is -0.994. The lowest BCUT2D eigenvalue weighted by Gasteiger charge is -2.13. The van der Waals surface area contributed by atoms with Gasteiger partial charge in [0.2, 0.25) is 0 Å². The molecule has 0 saturated heterocycles. The summed E-state index contributed by atoms with van der Waals surface area (Å²) >= 11 is 3.29. The van der Waals surface area contributed by atoms with Gasteiger partial charge in [-0.1, -0.05) is 76.1 Å². The maximum Gasteiger partial charge on any atom is 0.337 e. The molecule has 6 aromatic carbocycles. The molecule has 0 saturated carbocycles. The third-order valence-corrected chi connectivity index (χ3v) is 12.4. The molecular weight excluding hydrogens is 1060 g/mol. The molecule has 0 spiro atoms. The number of nitrogens with one attached hydrogen (secondary N) is 3. The number of carboxylic acid groups (broad SMARTS) is 3. The SMILES string of the molecule is CCOc1cccc(-c2cc(C)c(Nc3ccc(C)cc3C(=O)O)cn2)c1.CCOc1cccc(-c2cc(C)c(Nc3ccccc3C(=O)O)cn2)c1.CCOc1cccc(-c2ccc(Nc3ccc(Br)cc3C(=O)O)cn2)c1. The van der Waals surface area contributed by atoms with Crippen LogP contribution in [-0.4, -0.2) is 68.0 Å². The first-order valence-corrected chi connectivity index (χ1v) is 26.0. The van der Waals surface area contributed by atoms with Crippen LogP contribution >= 0.6 is 15.9 Å². The van der Waals surface area contributed by atoms with Crippen molar-refractivity contribution in [2.75, 3.05) is 35.8 Å². The number of aryl methyl sites for hydroxylation is 3. The van der Waals surface area contributed by atoms with E-state index in [1.807, 2.05) is 145 Å². The molecule has 3 heterocycles. The Morgan fingerprint density at radius 2 is 0.873 bits per heavy atom. The van der Waals surface area contributed by atoms with Crippen LogP contribution in [0.4, 0.5) is 34.1 Å². The summed E-state index contributed by atoms with van der Waals surface area (Å²) in [4.78, 5) is 47.8. The van der Waals surface area contributed by atoms with Crippen LogP contribution in [0.25, 0.3) is 33.8 Å². The molecule has 9 aromatic rings. The molecule has 9 rings (SSSR count). The molecule has 79 heavy (non-hydrogen) atoms. The summed E-state index contributed by atoms with van der Waals surface area (Å²) in [6.07, 6.45) is 5.12. The fourth-order valence-corrected chi connectivity index (χ4v) is 8.40. The number of para-hydroxylation sites is 1. The van der Waals surface area contributed by atoms with Gasteiger partial charge in [-0.2, -0.15) is 0 Å². The van der Waals surface area contributed by atoms with Crippen molar-refractivity contribution in [1.82, 2.24) is 15.0 Å². The summed E-state index contributed by atoms with van der Waals surface area (Å²) in [6, 6.07) is 48.2. The van der Waals surface area contributed by atoms with Gasteiger partial charge in [0.15, 0.2) is 0 Å². The maximum absolute atomic E-state index is 11.5. The standard InChI is InChI=1S/C22H22N2O3.C21H20N2O3.C20H17BrN2O3/c1-4-27-17-7-5-6-16(12-17)20-11-15(3)21(13-23-20)24-19-9-8-14(2)10-18(19)22(25)26;1-3-26-16-8-6-7-15(12-16)19-11-14(2)20(13-22-19)23-18-10-5-4-9-17(18)21(24)25;1-2-26-16-5-3-4-13(10-16)18-9-7-15(12-22-18)23-19-8-6-14(21)11-17(19)20(24)25/h5-13,24H,4H2,1-3H3,(H,25,26);4-13,23H,3H2,1-2H3,(H,24,25);3-12,23H,2H2,1H3,(H,24,25). The number of rotatable bonds is 18. The quantitative estimate of drug-likeness (QED) is 0.0471. The van der Waals surface area contributed by atoms with E-state index >= 15 is 0 Å². The second kappa shape index (κ2) is 27.5. The zero-order chi connectivity index (χ0) is 56.4. The summed E-state index contributed by atoms with van der Waals surface area (Å²) in [6.45, 7) is 13.5. The Bertz CT molecular complexity index is 3590. The van der Waals surface area contributed by atoms with E-state index in [0.29, 0.717) is 47.0 Å². The predicted molar refractivity (Wildman–Crippen MR) is 314 cm³/mol. The molecular formula is C63H59BrN6O9. The number of carbonyl (C=O) groups is 3. The Kier molecular flexibility index (Phi) is 19.9. The van der Waals surface area contributed by atoms with E-state index in [1.54, 1.807) is 73.2 Å².